The first kappa shape index (κ1) is 14.5. The monoisotopic (exact) mass is 290 g/mol. The Labute approximate surface area is 122 Å². The van der Waals surface area contributed by atoms with Crippen LogP contribution in [0.25, 0.3) is 0 Å². The van der Waals surface area contributed by atoms with Gasteiger partial charge in [-0.3, -0.25) is 0 Å². The number of ether oxygens (including phenoxy) is 1. The van der Waals surface area contributed by atoms with Crippen LogP contribution in [0.1, 0.15) is 41.8 Å². The lowest BCUT2D eigenvalue weighted by molar-refractivity contribution is 0.00635. The van der Waals surface area contributed by atoms with Crippen LogP contribution >= 0.6 is 11.3 Å². The van der Waals surface area contributed by atoms with E-state index in [4.69, 9.17) is 10.5 Å². The van der Waals surface area contributed by atoms with E-state index in [1.54, 1.807) is 5.38 Å². The van der Waals surface area contributed by atoms with Gasteiger partial charge in [0.25, 0.3) is 0 Å². The van der Waals surface area contributed by atoms with Crippen molar-refractivity contribution in [3.63, 3.8) is 0 Å². The summed E-state index contributed by atoms with van der Waals surface area (Å²) in [7, 11) is 0. The predicted octanol–water partition coefficient (Wildman–Crippen LogP) is 3.27. The molecular formula is C15H18N2O2S. The molecule has 0 fully saturated rings. The summed E-state index contributed by atoms with van der Waals surface area (Å²) in [6.07, 6.45) is 0.688. The molecule has 0 bridgehead atoms. The Morgan fingerprint density at radius 2 is 1.95 bits per heavy atom. The number of carbonyl (C=O) groups excluding carboxylic acids is 1. The van der Waals surface area contributed by atoms with Crippen LogP contribution in [0.15, 0.2) is 29.6 Å². The maximum Gasteiger partial charge on any atom is 0.358 e. The Kier molecular flexibility index (Phi) is 4.09. The highest BCUT2D eigenvalue weighted by atomic mass is 32.1. The Bertz CT molecular complexity index is 597. The van der Waals surface area contributed by atoms with Crippen molar-refractivity contribution in [1.82, 2.24) is 4.98 Å². The number of aromatic nitrogens is 1. The van der Waals surface area contributed by atoms with E-state index in [0.29, 0.717) is 12.1 Å². The van der Waals surface area contributed by atoms with E-state index in [1.807, 2.05) is 45.0 Å². The van der Waals surface area contributed by atoms with E-state index < -0.39 is 5.60 Å². The van der Waals surface area contributed by atoms with Crippen molar-refractivity contribution >= 4 is 23.0 Å². The Morgan fingerprint density at radius 3 is 2.55 bits per heavy atom. The van der Waals surface area contributed by atoms with Crippen LogP contribution in [0, 0.1) is 0 Å². The fraction of sp³-hybridized carbons (Fsp3) is 0.333. The second kappa shape index (κ2) is 5.63. The van der Waals surface area contributed by atoms with Crippen LogP contribution in [0.3, 0.4) is 0 Å². The van der Waals surface area contributed by atoms with Crippen LogP contribution in [0.2, 0.25) is 0 Å². The molecule has 0 spiro atoms. The molecule has 1 aromatic carbocycles. The van der Waals surface area contributed by atoms with Crippen LogP contribution < -0.4 is 5.73 Å². The van der Waals surface area contributed by atoms with Gasteiger partial charge in [-0.2, -0.15) is 0 Å². The predicted molar refractivity (Wildman–Crippen MR) is 80.9 cm³/mol. The number of esters is 1. The Morgan fingerprint density at radius 1 is 1.30 bits per heavy atom. The lowest BCUT2D eigenvalue weighted by atomic mass is 10.1. The van der Waals surface area contributed by atoms with Gasteiger partial charge in [0.15, 0.2) is 5.69 Å². The second-order valence-electron chi connectivity index (χ2n) is 5.55. The zero-order chi connectivity index (χ0) is 14.8. The molecule has 2 N–H and O–H groups in total. The summed E-state index contributed by atoms with van der Waals surface area (Å²) in [6, 6.07) is 7.64. The maximum absolute atomic E-state index is 11.9. The first-order valence-electron chi connectivity index (χ1n) is 6.36. The van der Waals surface area contributed by atoms with Crippen molar-refractivity contribution in [3.8, 4) is 0 Å². The van der Waals surface area contributed by atoms with Gasteiger partial charge >= 0.3 is 5.97 Å². The molecule has 106 valence electrons. The average molecular weight is 290 g/mol. The fourth-order valence-electron chi connectivity index (χ4n) is 1.63. The summed E-state index contributed by atoms with van der Waals surface area (Å²) in [5.41, 5.74) is 7.37. The molecule has 20 heavy (non-hydrogen) atoms. The fourth-order valence-corrected chi connectivity index (χ4v) is 2.42. The molecule has 0 radical (unpaired) electrons. The summed E-state index contributed by atoms with van der Waals surface area (Å²) >= 11 is 1.46. The van der Waals surface area contributed by atoms with Crippen LogP contribution in [0.5, 0.6) is 0 Å². The van der Waals surface area contributed by atoms with Crippen molar-refractivity contribution < 1.29 is 9.53 Å². The number of carbonyl (C=O) groups is 1. The van der Waals surface area contributed by atoms with Crippen molar-refractivity contribution in [2.75, 3.05) is 5.73 Å². The standard InChI is InChI=1S/C15H18N2O2S/c1-15(2,3)19-14(18)12-9-20-13(17-12)8-10-4-6-11(16)7-5-10/h4-7,9H,8,16H2,1-3H3. The summed E-state index contributed by atoms with van der Waals surface area (Å²) in [5, 5.41) is 2.62. The van der Waals surface area contributed by atoms with Gasteiger partial charge in [0.1, 0.15) is 5.60 Å². The summed E-state index contributed by atoms with van der Waals surface area (Å²) in [4.78, 5) is 16.2. The van der Waals surface area contributed by atoms with E-state index in [2.05, 4.69) is 4.98 Å². The molecular weight excluding hydrogens is 272 g/mol. The normalized spacial score (nSPS) is 11.3. The third-order valence-electron chi connectivity index (χ3n) is 2.49. The molecule has 0 aliphatic rings. The molecule has 2 rings (SSSR count). The number of rotatable bonds is 3. The van der Waals surface area contributed by atoms with Crippen molar-refractivity contribution in [2.45, 2.75) is 32.8 Å². The molecule has 1 heterocycles. The van der Waals surface area contributed by atoms with Crippen LogP contribution in [-0.2, 0) is 11.2 Å². The number of thiazole rings is 1. The van der Waals surface area contributed by atoms with Crippen molar-refractivity contribution in [3.05, 3.63) is 45.9 Å². The number of anilines is 1. The van der Waals surface area contributed by atoms with Gasteiger partial charge in [-0.1, -0.05) is 12.1 Å². The van der Waals surface area contributed by atoms with Gasteiger partial charge in [-0.15, -0.1) is 11.3 Å². The van der Waals surface area contributed by atoms with Crippen molar-refractivity contribution in [1.29, 1.82) is 0 Å². The van der Waals surface area contributed by atoms with Gasteiger partial charge < -0.3 is 10.5 Å². The van der Waals surface area contributed by atoms with E-state index in [9.17, 15) is 4.79 Å². The smallest absolute Gasteiger partial charge is 0.358 e. The van der Waals surface area contributed by atoms with Gasteiger partial charge in [-0.05, 0) is 38.5 Å². The van der Waals surface area contributed by atoms with E-state index in [0.717, 1.165) is 16.3 Å². The average Bonchev–Trinajstić information content (AvgIpc) is 2.79. The topological polar surface area (TPSA) is 65.2 Å². The molecule has 0 aliphatic carbocycles. The molecule has 0 atom stereocenters. The number of benzene rings is 1. The minimum absolute atomic E-state index is 0.371. The highest BCUT2D eigenvalue weighted by Gasteiger charge is 2.20. The highest BCUT2D eigenvalue weighted by molar-refractivity contribution is 7.09. The Hall–Kier alpha value is -1.88. The second-order valence-corrected chi connectivity index (χ2v) is 6.49. The number of nitrogens with zero attached hydrogens (tertiary/aromatic N) is 1. The summed E-state index contributed by atoms with van der Waals surface area (Å²) in [5.74, 6) is -0.377. The quantitative estimate of drug-likeness (QED) is 0.696. The highest BCUT2D eigenvalue weighted by Crippen LogP contribution is 2.18. The first-order valence-corrected chi connectivity index (χ1v) is 7.23. The molecule has 5 heteroatoms. The number of hydrogen-bond donors (Lipinski definition) is 1. The zero-order valence-corrected chi connectivity index (χ0v) is 12.7. The minimum atomic E-state index is -0.502. The number of nitrogen functional groups attached to an aromatic ring is 1. The SMILES string of the molecule is CC(C)(C)OC(=O)c1csc(Cc2ccc(N)cc2)n1. The molecule has 0 unspecified atom stereocenters. The van der Waals surface area contributed by atoms with Crippen molar-refractivity contribution in [2.24, 2.45) is 0 Å². The summed E-state index contributed by atoms with van der Waals surface area (Å²) < 4.78 is 5.29. The zero-order valence-electron chi connectivity index (χ0n) is 11.8. The molecule has 0 amide bonds. The molecule has 0 saturated carbocycles. The third-order valence-corrected chi connectivity index (χ3v) is 3.34. The summed E-state index contributed by atoms with van der Waals surface area (Å²) in [6.45, 7) is 5.52. The number of hydrogen-bond acceptors (Lipinski definition) is 5. The van der Waals surface area contributed by atoms with Gasteiger partial charge in [0, 0.05) is 17.5 Å². The van der Waals surface area contributed by atoms with E-state index >= 15 is 0 Å². The molecule has 4 nitrogen and oxygen atoms in total. The lowest BCUT2D eigenvalue weighted by Gasteiger charge is -2.18. The van der Waals surface area contributed by atoms with Gasteiger partial charge in [-0.25, -0.2) is 9.78 Å². The third kappa shape index (κ3) is 4.06. The minimum Gasteiger partial charge on any atom is -0.455 e. The molecule has 0 saturated heterocycles. The van der Waals surface area contributed by atoms with E-state index in [-0.39, 0.29) is 5.97 Å². The molecule has 0 aliphatic heterocycles. The van der Waals surface area contributed by atoms with Crippen LogP contribution in [-0.4, -0.2) is 16.6 Å². The van der Waals surface area contributed by atoms with Gasteiger partial charge in [0.05, 0.1) is 5.01 Å². The first-order chi connectivity index (χ1) is 9.33. The van der Waals surface area contributed by atoms with Crippen LogP contribution in [0.4, 0.5) is 5.69 Å². The van der Waals surface area contributed by atoms with E-state index in [1.165, 1.54) is 11.3 Å². The largest absolute Gasteiger partial charge is 0.455 e. The van der Waals surface area contributed by atoms with Gasteiger partial charge in [0.2, 0.25) is 0 Å². The Balaban J connectivity index is 2.05. The maximum atomic E-state index is 11.9. The molecule has 1 aromatic heterocycles. The lowest BCUT2D eigenvalue weighted by Crippen LogP contribution is -2.24. The number of nitrogens with two attached hydrogens (primary N) is 1. The molecule has 2 aromatic rings.